The fourth-order valence-corrected chi connectivity index (χ4v) is 3.68. The number of nitrogens with zero attached hydrogens (tertiary/aromatic N) is 3. The average molecular weight is 448 g/mol. The van der Waals surface area contributed by atoms with Gasteiger partial charge in [-0.3, -0.25) is 14.0 Å². The van der Waals surface area contributed by atoms with E-state index in [-0.39, 0.29) is 0 Å². The second-order valence-electron chi connectivity index (χ2n) is 7.73. The van der Waals surface area contributed by atoms with Crippen molar-refractivity contribution in [3.8, 4) is 0 Å². The molecule has 1 aromatic carbocycles. The van der Waals surface area contributed by atoms with E-state index in [9.17, 15) is 4.79 Å². The van der Waals surface area contributed by atoms with Crippen LogP contribution in [0.15, 0.2) is 30.6 Å². The molecule has 1 fully saturated rings. The van der Waals surface area contributed by atoms with E-state index < -0.39 is 5.91 Å². The number of aromatic nitrogens is 2. The quantitative estimate of drug-likeness (QED) is 0.507. The summed E-state index contributed by atoms with van der Waals surface area (Å²) in [5, 5.41) is 4.05. The van der Waals surface area contributed by atoms with E-state index in [0.717, 1.165) is 24.2 Å². The Bertz CT molecular complexity index is 1110. The van der Waals surface area contributed by atoms with E-state index in [2.05, 4.69) is 15.8 Å². The first-order valence-electron chi connectivity index (χ1n) is 9.67. The second kappa shape index (κ2) is 8.34. The molecule has 7 nitrogen and oxygen atoms in total. The molecule has 9 heteroatoms. The van der Waals surface area contributed by atoms with Crippen molar-refractivity contribution < 1.29 is 9.63 Å². The lowest BCUT2D eigenvalue weighted by Crippen LogP contribution is -2.26. The number of pyridine rings is 1. The zero-order valence-electron chi connectivity index (χ0n) is 17.0. The van der Waals surface area contributed by atoms with Crippen LogP contribution in [0.1, 0.15) is 28.8 Å². The van der Waals surface area contributed by atoms with E-state index >= 15 is 0 Å². The van der Waals surface area contributed by atoms with E-state index in [1.54, 1.807) is 16.8 Å². The van der Waals surface area contributed by atoms with Crippen molar-refractivity contribution >= 4 is 51.9 Å². The van der Waals surface area contributed by atoms with Gasteiger partial charge < -0.3 is 10.2 Å². The predicted octanol–water partition coefficient (Wildman–Crippen LogP) is 4.83. The molecule has 2 aromatic heterocycles. The van der Waals surface area contributed by atoms with Gasteiger partial charge in [0.2, 0.25) is 0 Å². The number of imidazole rings is 1. The number of amides is 1. The Labute approximate surface area is 184 Å². The first-order chi connectivity index (χ1) is 14.3. The molecule has 0 radical (unpaired) electrons. The fraction of sp³-hybridized carbons (Fsp3) is 0.333. The number of hydrogen-bond donors (Lipinski definition) is 2. The molecule has 158 valence electrons. The molecule has 0 aliphatic heterocycles. The van der Waals surface area contributed by atoms with Crippen LogP contribution in [-0.2, 0) is 4.84 Å². The predicted molar refractivity (Wildman–Crippen MR) is 120 cm³/mol. The number of hydroxylamine groups is 1. The summed E-state index contributed by atoms with van der Waals surface area (Å²) in [6, 6.07) is 5.62. The largest absolute Gasteiger partial charge is 0.363 e. The third-order valence-electron chi connectivity index (χ3n) is 4.99. The van der Waals surface area contributed by atoms with Gasteiger partial charge in [0.15, 0.2) is 5.65 Å². The Morgan fingerprint density at radius 3 is 2.77 bits per heavy atom. The Kier molecular flexibility index (Phi) is 5.77. The number of nitrogens with one attached hydrogen (secondary N) is 2. The van der Waals surface area contributed by atoms with E-state index in [1.165, 1.54) is 0 Å². The van der Waals surface area contributed by atoms with Crippen LogP contribution in [0, 0.1) is 12.8 Å². The molecular formula is C21H23Cl2N5O2. The van der Waals surface area contributed by atoms with Gasteiger partial charge in [-0.15, -0.1) is 0 Å². The minimum absolute atomic E-state index is 0.314. The summed E-state index contributed by atoms with van der Waals surface area (Å²) in [6.45, 7) is 2.46. The van der Waals surface area contributed by atoms with Crippen LogP contribution < -0.4 is 15.7 Å². The Morgan fingerprint density at radius 2 is 2.10 bits per heavy atom. The molecule has 0 unspecified atom stereocenters. The number of aryl methyl sites for hydroxylation is 1. The molecule has 4 rings (SSSR count). The monoisotopic (exact) mass is 447 g/mol. The van der Waals surface area contributed by atoms with E-state index in [0.29, 0.717) is 45.2 Å². The van der Waals surface area contributed by atoms with Crippen molar-refractivity contribution in [2.45, 2.75) is 19.8 Å². The van der Waals surface area contributed by atoms with Crippen LogP contribution in [0.2, 0.25) is 10.0 Å². The van der Waals surface area contributed by atoms with E-state index in [1.807, 2.05) is 44.1 Å². The maximum absolute atomic E-state index is 13.0. The third-order valence-corrected chi connectivity index (χ3v) is 5.66. The first-order valence-corrected chi connectivity index (χ1v) is 10.4. The molecule has 1 aliphatic carbocycles. The summed E-state index contributed by atoms with van der Waals surface area (Å²) < 4.78 is 1.78. The van der Waals surface area contributed by atoms with Gasteiger partial charge in [0.1, 0.15) is 10.8 Å². The molecule has 2 heterocycles. The average Bonchev–Trinajstić information content (AvgIpc) is 3.41. The van der Waals surface area contributed by atoms with Crippen molar-refractivity contribution in [1.82, 2.24) is 14.9 Å². The van der Waals surface area contributed by atoms with Crippen LogP contribution in [0.3, 0.4) is 0 Å². The maximum Gasteiger partial charge on any atom is 0.278 e. The number of hydrogen-bond acceptors (Lipinski definition) is 5. The highest BCUT2D eigenvalue weighted by atomic mass is 35.5. The summed E-state index contributed by atoms with van der Waals surface area (Å²) >= 11 is 13.1. The molecule has 1 saturated carbocycles. The lowest BCUT2D eigenvalue weighted by molar-refractivity contribution is 0.0270. The minimum atomic E-state index is -0.399. The van der Waals surface area contributed by atoms with Crippen molar-refractivity contribution in [3.63, 3.8) is 0 Å². The Hall–Kier alpha value is -2.48. The zero-order valence-corrected chi connectivity index (χ0v) is 18.5. The lowest BCUT2D eigenvalue weighted by Gasteiger charge is -2.18. The van der Waals surface area contributed by atoms with Crippen molar-refractivity contribution in [2.75, 3.05) is 30.9 Å². The van der Waals surface area contributed by atoms with E-state index in [4.69, 9.17) is 28.0 Å². The van der Waals surface area contributed by atoms with Crippen molar-refractivity contribution in [1.29, 1.82) is 0 Å². The smallest absolute Gasteiger partial charge is 0.278 e. The van der Waals surface area contributed by atoms with Crippen LogP contribution in [0.5, 0.6) is 0 Å². The standard InChI is InChI=1S/C21H23Cl2N5O2/c1-12-4-7-16(15(22)8-12)25-19-14(21(29)26-30-11-13-5-6-13)10-28-17(27(2)3)9-24-20(28)18(19)23/h4,7-10,13,25H,5-6,11H2,1-3H3,(H,26,29). The SMILES string of the molecule is Cc1ccc(Nc2c(C(=O)NOCC3CC3)cn3c(N(C)C)cnc3c2Cl)c(Cl)c1. The molecule has 0 spiro atoms. The minimum Gasteiger partial charge on any atom is -0.363 e. The summed E-state index contributed by atoms with van der Waals surface area (Å²) in [5.41, 5.74) is 5.47. The Morgan fingerprint density at radius 1 is 1.33 bits per heavy atom. The van der Waals surface area contributed by atoms with Gasteiger partial charge in [-0.05, 0) is 43.4 Å². The highest BCUT2D eigenvalue weighted by Gasteiger charge is 2.24. The normalized spacial score (nSPS) is 13.5. The maximum atomic E-state index is 13.0. The van der Waals surface area contributed by atoms with Gasteiger partial charge in [-0.1, -0.05) is 29.3 Å². The summed E-state index contributed by atoms with van der Waals surface area (Å²) in [5.74, 6) is 0.915. The summed E-state index contributed by atoms with van der Waals surface area (Å²) in [6.07, 6.45) is 5.67. The van der Waals surface area contributed by atoms with Gasteiger partial charge in [0.25, 0.3) is 5.91 Å². The van der Waals surface area contributed by atoms with Crippen LogP contribution >= 0.6 is 23.2 Å². The molecule has 3 aromatic rings. The lowest BCUT2D eigenvalue weighted by atomic mass is 10.2. The highest BCUT2D eigenvalue weighted by molar-refractivity contribution is 6.38. The molecule has 0 saturated heterocycles. The first kappa shape index (κ1) is 20.8. The van der Waals surface area contributed by atoms with Crippen molar-refractivity contribution in [3.05, 3.63) is 51.8 Å². The third kappa shape index (κ3) is 4.19. The topological polar surface area (TPSA) is 70.9 Å². The molecule has 1 amide bonds. The molecule has 2 N–H and O–H groups in total. The number of carbonyl (C=O) groups excluding carboxylic acids is 1. The second-order valence-corrected chi connectivity index (χ2v) is 8.52. The number of anilines is 3. The van der Waals surface area contributed by atoms with Crippen LogP contribution in [0.4, 0.5) is 17.2 Å². The molecule has 1 aliphatic rings. The van der Waals surface area contributed by atoms with Crippen LogP contribution in [-0.4, -0.2) is 36.0 Å². The van der Waals surface area contributed by atoms with Gasteiger partial charge >= 0.3 is 0 Å². The van der Waals surface area contributed by atoms with Gasteiger partial charge in [0, 0.05) is 20.3 Å². The molecule has 0 atom stereocenters. The molecule has 0 bridgehead atoms. The summed E-state index contributed by atoms with van der Waals surface area (Å²) in [7, 11) is 3.79. The zero-order chi connectivity index (χ0) is 21.4. The van der Waals surface area contributed by atoms with Crippen molar-refractivity contribution in [2.24, 2.45) is 5.92 Å². The Balaban J connectivity index is 1.76. The molecular weight excluding hydrogens is 425 g/mol. The number of fused-ring (bicyclic) bond motifs is 1. The molecule has 30 heavy (non-hydrogen) atoms. The van der Waals surface area contributed by atoms with Crippen LogP contribution in [0.25, 0.3) is 5.65 Å². The highest BCUT2D eigenvalue weighted by Crippen LogP contribution is 2.36. The number of carbonyl (C=O) groups is 1. The number of halogens is 2. The van der Waals surface area contributed by atoms with Gasteiger partial charge in [-0.25, -0.2) is 10.5 Å². The fourth-order valence-electron chi connectivity index (χ4n) is 3.11. The van der Waals surface area contributed by atoms with Gasteiger partial charge in [-0.2, -0.15) is 0 Å². The number of benzene rings is 1. The number of rotatable bonds is 7. The van der Waals surface area contributed by atoms with Gasteiger partial charge in [0.05, 0.1) is 34.8 Å². The summed E-state index contributed by atoms with van der Waals surface area (Å²) in [4.78, 5) is 24.7.